The molecule has 0 aliphatic heterocycles. The molecule has 26 heavy (non-hydrogen) atoms. The Labute approximate surface area is 157 Å². The number of benzene rings is 3. The van der Waals surface area contributed by atoms with E-state index in [9.17, 15) is 5.11 Å². The molecule has 0 spiro atoms. The second-order valence-electron chi connectivity index (χ2n) is 7.52. The van der Waals surface area contributed by atoms with Gasteiger partial charge in [-0.3, -0.25) is 0 Å². The summed E-state index contributed by atoms with van der Waals surface area (Å²) in [6.45, 7) is 6.69. The summed E-state index contributed by atoms with van der Waals surface area (Å²) in [5.74, 6) is 0.267. The molecular weight excluding hydrogens is 338 g/mol. The number of nitrogens with zero attached hydrogens (tertiary/aromatic N) is 1. The molecule has 0 saturated carbocycles. The molecule has 4 rings (SSSR count). The van der Waals surface area contributed by atoms with Crippen molar-refractivity contribution in [2.24, 2.45) is 0 Å². The van der Waals surface area contributed by atoms with Gasteiger partial charge < -0.3 is 5.11 Å². The van der Waals surface area contributed by atoms with E-state index in [4.69, 9.17) is 4.98 Å². The lowest BCUT2D eigenvalue weighted by molar-refractivity contribution is 0.477. The van der Waals surface area contributed by atoms with Crippen LogP contribution in [-0.2, 0) is 5.41 Å². The van der Waals surface area contributed by atoms with Crippen LogP contribution in [-0.4, -0.2) is 10.1 Å². The number of thiazole rings is 1. The molecule has 0 saturated heterocycles. The first-order valence-electron chi connectivity index (χ1n) is 8.72. The Morgan fingerprint density at radius 2 is 1.54 bits per heavy atom. The molecular formula is C23H21NOS. The van der Waals surface area contributed by atoms with Gasteiger partial charge in [0, 0.05) is 5.56 Å². The molecule has 0 radical (unpaired) electrons. The Morgan fingerprint density at radius 3 is 2.23 bits per heavy atom. The van der Waals surface area contributed by atoms with Crippen molar-refractivity contribution < 1.29 is 5.11 Å². The van der Waals surface area contributed by atoms with Gasteiger partial charge in [-0.15, -0.1) is 11.3 Å². The summed E-state index contributed by atoms with van der Waals surface area (Å²) in [6, 6.07) is 22.3. The normalized spacial score (nSPS) is 11.8. The molecule has 0 atom stereocenters. The van der Waals surface area contributed by atoms with E-state index in [2.05, 4.69) is 57.2 Å². The average Bonchev–Trinajstić information content (AvgIpc) is 3.05. The largest absolute Gasteiger partial charge is 0.507 e. The molecule has 0 aliphatic rings. The minimum absolute atomic E-state index is 0.0523. The van der Waals surface area contributed by atoms with Crippen molar-refractivity contribution in [2.45, 2.75) is 26.2 Å². The molecule has 0 bridgehead atoms. The topological polar surface area (TPSA) is 33.1 Å². The molecule has 3 aromatic carbocycles. The first kappa shape index (κ1) is 16.8. The second kappa shape index (κ2) is 6.26. The van der Waals surface area contributed by atoms with Crippen LogP contribution in [0.5, 0.6) is 5.75 Å². The second-order valence-corrected chi connectivity index (χ2v) is 8.55. The van der Waals surface area contributed by atoms with Crippen LogP contribution in [0.2, 0.25) is 0 Å². The highest BCUT2D eigenvalue weighted by atomic mass is 32.1. The summed E-state index contributed by atoms with van der Waals surface area (Å²) in [7, 11) is 0. The van der Waals surface area contributed by atoms with Gasteiger partial charge in [-0.2, -0.15) is 0 Å². The van der Waals surface area contributed by atoms with Gasteiger partial charge in [-0.1, -0.05) is 63.2 Å². The lowest BCUT2D eigenvalue weighted by Crippen LogP contribution is -2.10. The molecule has 1 aromatic heterocycles. The summed E-state index contributed by atoms with van der Waals surface area (Å²) >= 11 is 1.63. The highest BCUT2D eigenvalue weighted by Gasteiger charge is 2.20. The molecule has 0 amide bonds. The van der Waals surface area contributed by atoms with Gasteiger partial charge in [0.2, 0.25) is 0 Å². The van der Waals surface area contributed by atoms with Crippen LogP contribution in [0.15, 0.2) is 66.7 Å². The van der Waals surface area contributed by atoms with Gasteiger partial charge in [0.05, 0.1) is 15.8 Å². The predicted molar refractivity (Wildman–Crippen MR) is 111 cm³/mol. The Hall–Kier alpha value is -2.65. The van der Waals surface area contributed by atoms with Gasteiger partial charge in [-0.05, 0) is 40.8 Å². The van der Waals surface area contributed by atoms with E-state index in [0.29, 0.717) is 0 Å². The third-order valence-corrected chi connectivity index (χ3v) is 5.62. The number of phenolic OH excluding ortho intramolecular Hbond substituents is 1. The fourth-order valence-electron chi connectivity index (χ4n) is 3.07. The lowest BCUT2D eigenvalue weighted by Gasteiger charge is -2.20. The monoisotopic (exact) mass is 359 g/mol. The zero-order chi connectivity index (χ0) is 18.3. The van der Waals surface area contributed by atoms with E-state index < -0.39 is 0 Å². The molecule has 4 aromatic rings. The van der Waals surface area contributed by atoms with Crippen LogP contribution in [0.1, 0.15) is 26.3 Å². The predicted octanol–water partition coefficient (Wildman–Crippen LogP) is 6.63. The van der Waals surface area contributed by atoms with E-state index in [-0.39, 0.29) is 11.2 Å². The fraction of sp³-hybridized carbons (Fsp3) is 0.174. The van der Waals surface area contributed by atoms with E-state index in [1.807, 2.05) is 24.3 Å². The molecule has 2 nitrogen and oxygen atoms in total. The average molecular weight is 359 g/mol. The van der Waals surface area contributed by atoms with Crippen LogP contribution >= 0.6 is 11.3 Å². The standard InChI is InChI=1S/C23H21NOS/c1-23(2,3)16-13-18(15-9-5-4-6-10-15)21-20(14-16)26-22(24-21)17-11-7-8-12-19(17)25/h4-14,25H,1-3H3. The minimum atomic E-state index is 0.0523. The van der Waals surface area contributed by atoms with E-state index >= 15 is 0 Å². The molecule has 1 heterocycles. The summed E-state index contributed by atoms with van der Waals surface area (Å²) in [5.41, 5.74) is 5.43. The van der Waals surface area contributed by atoms with Crippen molar-refractivity contribution >= 4 is 21.6 Å². The van der Waals surface area contributed by atoms with Gasteiger partial charge >= 0.3 is 0 Å². The molecule has 1 N–H and O–H groups in total. The highest BCUT2D eigenvalue weighted by Crippen LogP contribution is 2.41. The summed E-state index contributed by atoms with van der Waals surface area (Å²) in [4.78, 5) is 4.90. The van der Waals surface area contributed by atoms with Crippen molar-refractivity contribution in [1.82, 2.24) is 4.98 Å². The molecule has 0 unspecified atom stereocenters. The van der Waals surface area contributed by atoms with Gasteiger partial charge in [0.15, 0.2) is 0 Å². The van der Waals surface area contributed by atoms with Crippen molar-refractivity contribution in [3.8, 4) is 27.4 Å². The van der Waals surface area contributed by atoms with Crippen molar-refractivity contribution in [2.75, 3.05) is 0 Å². The maximum absolute atomic E-state index is 10.2. The smallest absolute Gasteiger partial charge is 0.128 e. The van der Waals surface area contributed by atoms with Crippen LogP contribution in [0.4, 0.5) is 0 Å². The van der Waals surface area contributed by atoms with Crippen LogP contribution in [0, 0.1) is 0 Å². The number of hydrogen-bond acceptors (Lipinski definition) is 3. The Bertz CT molecular complexity index is 1070. The number of aromatic nitrogens is 1. The number of fused-ring (bicyclic) bond motifs is 1. The minimum Gasteiger partial charge on any atom is -0.507 e. The maximum Gasteiger partial charge on any atom is 0.128 e. The van der Waals surface area contributed by atoms with E-state index in [0.717, 1.165) is 31.9 Å². The highest BCUT2D eigenvalue weighted by molar-refractivity contribution is 7.21. The quantitative estimate of drug-likeness (QED) is 0.435. The molecule has 0 aliphatic carbocycles. The lowest BCUT2D eigenvalue weighted by atomic mass is 9.85. The first-order valence-corrected chi connectivity index (χ1v) is 9.54. The third kappa shape index (κ3) is 2.99. The zero-order valence-corrected chi connectivity index (χ0v) is 16.0. The fourth-order valence-corrected chi connectivity index (χ4v) is 4.14. The first-order chi connectivity index (χ1) is 12.4. The van der Waals surface area contributed by atoms with Gasteiger partial charge in [-0.25, -0.2) is 4.98 Å². The third-order valence-electron chi connectivity index (χ3n) is 4.58. The molecule has 0 fully saturated rings. The SMILES string of the molecule is CC(C)(C)c1cc(-c2ccccc2)c2nc(-c3ccccc3O)sc2c1. The van der Waals surface area contributed by atoms with E-state index in [1.54, 1.807) is 17.4 Å². The number of rotatable bonds is 2. The molecule has 3 heteroatoms. The maximum atomic E-state index is 10.2. The number of hydrogen-bond donors (Lipinski definition) is 1. The Kier molecular flexibility index (Phi) is 4.04. The summed E-state index contributed by atoms with van der Waals surface area (Å²) < 4.78 is 1.15. The van der Waals surface area contributed by atoms with Crippen molar-refractivity contribution in [3.05, 3.63) is 72.3 Å². The zero-order valence-electron chi connectivity index (χ0n) is 15.2. The van der Waals surface area contributed by atoms with Crippen LogP contribution in [0.3, 0.4) is 0 Å². The Balaban J connectivity index is 2.01. The van der Waals surface area contributed by atoms with E-state index in [1.165, 1.54) is 5.56 Å². The van der Waals surface area contributed by atoms with Crippen LogP contribution in [0.25, 0.3) is 31.9 Å². The summed E-state index contributed by atoms with van der Waals surface area (Å²) in [5, 5.41) is 11.1. The number of para-hydroxylation sites is 1. The summed E-state index contributed by atoms with van der Waals surface area (Å²) in [6.07, 6.45) is 0. The van der Waals surface area contributed by atoms with Crippen molar-refractivity contribution in [1.29, 1.82) is 0 Å². The van der Waals surface area contributed by atoms with Gasteiger partial charge in [0.1, 0.15) is 10.8 Å². The number of aromatic hydroxyl groups is 1. The number of phenols is 1. The van der Waals surface area contributed by atoms with Gasteiger partial charge in [0.25, 0.3) is 0 Å². The van der Waals surface area contributed by atoms with Crippen LogP contribution < -0.4 is 0 Å². The molecule has 130 valence electrons. The Morgan fingerprint density at radius 1 is 0.846 bits per heavy atom. The van der Waals surface area contributed by atoms with Crippen molar-refractivity contribution in [3.63, 3.8) is 0 Å².